The minimum absolute atomic E-state index is 0.0147. The number of nitrogens with one attached hydrogen (secondary N) is 1. The third-order valence-corrected chi connectivity index (χ3v) is 6.23. The molecule has 0 unspecified atom stereocenters. The van der Waals surface area contributed by atoms with Gasteiger partial charge in [0.2, 0.25) is 30.3 Å². The quantitative estimate of drug-likeness (QED) is 0.567. The summed E-state index contributed by atoms with van der Waals surface area (Å²) in [4.78, 5) is 31.5. The summed E-state index contributed by atoms with van der Waals surface area (Å²) in [6, 6.07) is 12.5. The molecule has 0 saturated carbocycles. The van der Waals surface area contributed by atoms with Gasteiger partial charge in [-0.05, 0) is 49.2 Å². The van der Waals surface area contributed by atoms with E-state index in [4.69, 9.17) is 25.6 Å². The number of amides is 2. The van der Waals surface area contributed by atoms with Gasteiger partial charge in [-0.15, -0.1) is 0 Å². The van der Waals surface area contributed by atoms with E-state index < -0.39 is 0 Å². The van der Waals surface area contributed by atoms with Crippen LogP contribution in [-0.4, -0.2) is 46.7 Å². The van der Waals surface area contributed by atoms with Crippen molar-refractivity contribution in [2.75, 3.05) is 25.2 Å². The highest BCUT2D eigenvalue weighted by Crippen LogP contribution is 2.34. The Balaban J connectivity index is 1.08. The first kappa shape index (κ1) is 22.2. The van der Waals surface area contributed by atoms with Crippen LogP contribution in [-0.2, 0) is 16.0 Å². The van der Waals surface area contributed by atoms with Gasteiger partial charge in [0.1, 0.15) is 0 Å². The van der Waals surface area contributed by atoms with Gasteiger partial charge in [-0.3, -0.25) is 9.59 Å². The topological polar surface area (TPSA) is 107 Å². The normalized spacial score (nSPS) is 15.4. The van der Waals surface area contributed by atoms with Crippen molar-refractivity contribution in [3.05, 3.63) is 53.4 Å². The molecule has 34 heavy (non-hydrogen) atoms. The summed E-state index contributed by atoms with van der Waals surface area (Å²) < 4.78 is 15.9. The minimum Gasteiger partial charge on any atom is -0.454 e. The van der Waals surface area contributed by atoms with E-state index in [1.807, 2.05) is 12.1 Å². The second-order valence-electron chi connectivity index (χ2n) is 8.23. The van der Waals surface area contributed by atoms with Crippen molar-refractivity contribution in [3.63, 3.8) is 0 Å². The summed E-state index contributed by atoms with van der Waals surface area (Å²) in [7, 11) is 0. The summed E-state index contributed by atoms with van der Waals surface area (Å²) in [5.41, 5.74) is 1.47. The first-order chi connectivity index (χ1) is 16.5. The van der Waals surface area contributed by atoms with Crippen molar-refractivity contribution in [1.82, 2.24) is 15.0 Å². The Morgan fingerprint density at radius 2 is 1.82 bits per heavy atom. The molecule has 0 bridgehead atoms. The molecule has 2 aromatic carbocycles. The Morgan fingerprint density at radius 3 is 2.62 bits per heavy atom. The van der Waals surface area contributed by atoms with E-state index in [1.54, 1.807) is 35.2 Å². The van der Waals surface area contributed by atoms with Crippen LogP contribution < -0.4 is 14.8 Å². The molecule has 1 fully saturated rings. The van der Waals surface area contributed by atoms with Crippen LogP contribution in [0.4, 0.5) is 5.69 Å². The zero-order valence-corrected chi connectivity index (χ0v) is 19.1. The summed E-state index contributed by atoms with van der Waals surface area (Å²) >= 11 is 5.91. The Kier molecular flexibility index (Phi) is 6.35. The zero-order valence-electron chi connectivity index (χ0n) is 18.3. The largest absolute Gasteiger partial charge is 0.454 e. The van der Waals surface area contributed by atoms with Crippen LogP contribution >= 0.6 is 11.6 Å². The van der Waals surface area contributed by atoms with Crippen molar-refractivity contribution < 1.29 is 23.6 Å². The lowest BCUT2D eigenvalue weighted by Crippen LogP contribution is -2.41. The van der Waals surface area contributed by atoms with Crippen molar-refractivity contribution in [2.24, 2.45) is 5.92 Å². The highest BCUT2D eigenvalue weighted by Gasteiger charge is 2.28. The van der Waals surface area contributed by atoms with Gasteiger partial charge in [0, 0.05) is 54.2 Å². The first-order valence-corrected chi connectivity index (χ1v) is 11.5. The molecule has 2 aliphatic heterocycles. The standard InChI is InChI=1S/C24H23ClN4O5/c25-17-3-1-15(2-4-17)23-27-21(34-28-23)7-8-22(30)29-11-9-16(10-12-29)24(31)26-18-5-6-19-20(13-18)33-14-32-19/h1-6,13,16H,7-12,14H2,(H,26,31). The molecule has 3 aromatic rings. The molecule has 0 spiro atoms. The van der Waals surface area contributed by atoms with Crippen molar-refractivity contribution in [3.8, 4) is 22.9 Å². The third-order valence-electron chi connectivity index (χ3n) is 5.98. The number of ether oxygens (including phenoxy) is 2. The van der Waals surface area contributed by atoms with Gasteiger partial charge in [-0.1, -0.05) is 16.8 Å². The van der Waals surface area contributed by atoms with Gasteiger partial charge in [-0.25, -0.2) is 0 Å². The number of benzene rings is 2. The maximum Gasteiger partial charge on any atom is 0.231 e. The fraction of sp³-hybridized carbons (Fsp3) is 0.333. The Labute approximate surface area is 201 Å². The molecule has 9 nitrogen and oxygen atoms in total. The Morgan fingerprint density at radius 1 is 1.06 bits per heavy atom. The number of nitrogens with zero attached hydrogens (tertiary/aromatic N) is 3. The average molecular weight is 483 g/mol. The van der Waals surface area contributed by atoms with Crippen LogP contribution in [0.5, 0.6) is 11.5 Å². The smallest absolute Gasteiger partial charge is 0.231 e. The van der Waals surface area contributed by atoms with E-state index in [2.05, 4.69) is 15.5 Å². The highest BCUT2D eigenvalue weighted by molar-refractivity contribution is 6.30. The lowest BCUT2D eigenvalue weighted by Gasteiger charge is -2.31. The lowest BCUT2D eigenvalue weighted by molar-refractivity contribution is -0.134. The van der Waals surface area contributed by atoms with E-state index in [-0.39, 0.29) is 30.9 Å². The molecule has 10 heteroatoms. The molecule has 0 atom stereocenters. The number of rotatable bonds is 6. The third kappa shape index (κ3) is 4.99. The SMILES string of the molecule is O=C(Nc1ccc2c(c1)OCO2)C1CCN(C(=O)CCc2nc(-c3ccc(Cl)cc3)no2)CC1. The van der Waals surface area contributed by atoms with Crippen LogP contribution in [0.1, 0.15) is 25.2 Å². The number of hydrogen-bond acceptors (Lipinski definition) is 7. The maximum atomic E-state index is 12.7. The Hall–Kier alpha value is -3.59. The van der Waals surface area contributed by atoms with Crippen LogP contribution in [0.2, 0.25) is 5.02 Å². The summed E-state index contributed by atoms with van der Waals surface area (Å²) in [5.74, 6) is 2.00. The minimum atomic E-state index is -0.146. The number of carbonyl (C=O) groups excluding carboxylic acids is 2. The van der Waals surface area contributed by atoms with Gasteiger partial charge in [0.25, 0.3) is 0 Å². The molecule has 2 amide bonds. The van der Waals surface area contributed by atoms with Gasteiger partial charge in [0.05, 0.1) is 0 Å². The van der Waals surface area contributed by atoms with Gasteiger partial charge in [-0.2, -0.15) is 4.98 Å². The number of hydrogen-bond donors (Lipinski definition) is 1. The predicted octanol–water partition coefficient (Wildman–Crippen LogP) is 3.93. The van der Waals surface area contributed by atoms with Crippen LogP contribution in [0, 0.1) is 5.92 Å². The van der Waals surface area contributed by atoms with Crippen molar-refractivity contribution in [2.45, 2.75) is 25.7 Å². The van der Waals surface area contributed by atoms with Gasteiger partial charge in [0.15, 0.2) is 11.5 Å². The number of fused-ring (bicyclic) bond motifs is 1. The van der Waals surface area contributed by atoms with E-state index in [0.29, 0.717) is 66.3 Å². The Bertz CT molecular complexity index is 1190. The maximum absolute atomic E-state index is 12.7. The monoisotopic (exact) mass is 482 g/mol. The molecule has 1 N–H and O–H groups in total. The molecule has 2 aliphatic rings. The molecule has 0 aliphatic carbocycles. The number of aromatic nitrogens is 2. The molecule has 5 rings (SSSR count). The summed E-state index contributed by atoms with van der Waals surface area (Å²) in [5, 5.41) is 7.55. The van der Waals surface area contributed by atoms with Crippen molar-refractivity contribution in [1.29, 1.82) is 0 Å². The van der Waals surface area contributed by atoms with Crippen LogP contribution in [0.15, 0.2) is 47.0 Å². The van der Waals surface area contributed by atoms with Crippen LogP contribution in [0.3, 0.4) is 0 Å². The average Bonchev–Trinajstić information content (AvgIpc) is 3.52. The van der Waals surface area contributed by atoms with E-state index in [1.165, 1.54) is 0 Å². The molecule has 1 aromatic heterocycles. The second kappa shape index (κ2) is 9.72. The number of piperidine rings is 1. The van der Waals surface area contributed by atoms with Crippen LogP contribution in [0.25, 0.3) is 11.4 Å². The number of anilines is 1. The fourth-order valence-corrected chi connectivity index (χ4v) is 4.18. The summed E-state index contributed by atoms with van der Waals surface area (Å²) in [6.07, 6.45) is 1.87. The van der Waals surface area contributed by atoms with Crippen molar-refractivity contribution >= 4 is 29.1 Å². The number of carbonyl (C=O) groups is 2. The fourth-order valence-electron chi connectivity index (χ4n) is 4.05. The van der Waals surface area contributed by atoms with E-state index >= 15 is 0 Å². The molecule has 3 heterocycles. The zero-order chi connectivity index (χ0) is 23.5. The number of aryl methyl sites for hydroxylation is 1. The number of likely N-dealkylation sites (tertiary alicyclic amines) is 1. The predicted molar refractivity (Wildman–Crippen MR) is 124 cm³/mol. The van der Waals surface area contributed by atoms with Gasteiger partial charge < -0.3 is 24.2 Å². The van der Waals surface area contributed by atoms with Gasteiger partial charge >= 0.3 is 0 Å². The molecule has 176 valence electrons. The highest BCUT2D eigenvalue weighted by atomic mass is 35.5. The molecular weight excluding hydrogens is 460 g/mol. The first-order valence-electron chi connectivity index (χ1n) is 11.1. The molecular formula is C24H23ClN4O5. The number of halogens is 1. The molecule has 1 saturated heterocycles. The summed E-state index contributed by atoms with van der Waals surface area (Å²) in [6.45, 7) is 1.27. The second-order valence-corrected chi connectivity index (χ2v) is 8.67. The molecule has 0 radical (unpaired) electrons. The lowest BCUT2D eigenvalue weighted by atomic mass is 9.95. The van der Waals surface area contributed by atoms with E-state index in [9.17, 15) is 9.59 Å². The van der Waals surface area contributed by atoms with E-state index in [0.717, 1.165) is 5.56 Å².